The van der Waals surface area contributed by atoms with Crippen LogP contribution in [-0.4, -0.2) is 17.9 Å². The summed E-state index contributed by atoms with van der Waals surface area (Å²) in [5.74, 6) is 0.0998. The molecule has 0 heterocycles. The van der Waals surface area contributed by atoms with E-state index in [1.54, 1.807) is 24.3 Å². The molecule has 0 radical (unpaired) electrons. The first-order valence-corrected chi connectivity index (χ1v) is 7.79. The summed E-state index contributed by atoms with van der Waals surface area (Å²) < 4.78 is 5.56. The molecule has 1 aromatic carbocycles. The smallest absolute Gasteiger partial charge is 0.379 e. The fourth-order valence-electron chi connectivity index (χ4n) is 3.15. The molecule has 1 aromatic rings. The number of Topliss-reactive ketones (excluding diaryl/α,β-unsaturated/α-hetero) is 1. The van der Waals surface area contributed by atoms with Crippen LogP contribution in [-0.2, 0) is 9.53 Å². The van der Waals surface area contributed by atoms with Gasteiger partial charge >= 0.3 is 5.97 Å². The molecule has 1 aliphatic carbocycles. The molecule has 1 fully saturated rings. The van der Waals surface area contributed by atoms with Crippen molar-refractivity contribution >= 4 is 11.8 Å². The molecule has 2 unspecified atom stereocenters. The minimum Gasteiger partial charge on any atom is -0.456 e. The van der Waals surface area contributed by atoms with E-state index >= 15 is 0 Å². The number of rotatable bonds is 4. The molecule has 3 nitrogen and oxygen atoms in total. The Hall–Kier alpha value is -1.64. The van der Waals surface area contributed by atoms with Gasteiger partial charge < -0.3 is 4.74 Å². The first-order valence-electron chi connectivity index (χ1n) is 7.79. The van der Waals surface area contributed by atoms with Gasteiger partial charge in [0.05, 0.1) is 0 Å². The average Bonchev–Trinajstić information content (AvgIpc) is 2.47. The molecule has 3 atom stereocenters. The highest BCUT2D eigenvalue weighted by atomic mass is 16.5. The largest absolute Gasteiger partial charge is 0.456 e. The van der Waals surface area contributed by atoms with E-state index in [4.69, 9.17) is 4.74 Å². The zero-order valence-corrected chi connectivity index (χ0v) is 13.0. The molecule has 0 N–H and O–H groups in total. The minimum atomic E-state index is -0.717. The SMILES string of the molecule is CC(C)C1CC[C@@H](C)CC1OC(=O)C(=O)c1ccccc1. The fourth-order valence-corrected chi connectivity index (χ4v) is 3.15. The predicted molar refractivity (Wildman–Crippen MR) is 82.0 cm³/mol. The monoisotopic (exact) mass is 288 g/mol. The Morgan fingerprint density at radius 2 is 1.81 bits per heavy atom. The summed E-state index contributed by atoms with van der Waals surface area (Å²) in [5.41, 5.74) is 0.396. The molecule has 0 spiro atoms. The number of carbonyl (C=O) groups excluding carboxylic acids is 2. The number of carbonyl (C=O) groups is 2. The quantitative estimate of drug-likeness (QED) is 0.480. The maximum Gasteiger partial charge on any atom is 0.379 e. The van der Waals surface area contributed by atoms with Crippen molar-refractivity contribution in [1.82, 2.24) is 0 Å². The van der Waals surface area contributed by atoms with Crippen molar-refractivity contribution in [3.05, 3.63) is 35.9 Å². The number of ether oxygens (including phenoxy) is 1. The van der Waals surface area contributed by atoms with E-state index in [1.165, 1.54) is 6.42 Å². The van der Waals surface area contributed by atoms with E-state index in [-0.39, 0.29) is 6.10 Å². The lowest BCUT2D eigenvalue weighted by atomic mass is 9.75. The van der Waals surface area contributed by atoms with Gasteiger partial charge in [0.1, 0.15) is 6.10 Å². The summed E-state index contributed by atoms with van der Waals surface area (Å²) in [4.78, 5) is 24.2. The fraction of sp³-hybridized carbons (Fsp3) is 0.556. The van der Waals surface area contributed by atoms with Crippen molar-refractivity contribution in [1.29, 1.82) is 0 Å². The van der Waals surface area contributed by atoms with Crippen molar-refractivity contribution < 1.29 is 14.3 Å². The van der Waals surface area contributed by atoms with Gasteiger partial charge in [-0.3, -0.25) is 4.79 Å². The van der Waals surface area contributed by atoms with E-state index in [1.807, 2.05) is 6.07 Å². The van der Waals surface area contributed by atoms with Gasteiger partial charge in [-0.1, -0.05) is 57.5 Å². The van der Waals surface area contributed by atoms with Crippen LogP contribution in [0.25, 0.3) is 0 Å². The second-order valence-electron chi connectivity index (χ2n) is 6.47. The second kappa shape index (κ2) is 6.88. The third-order valence-electron chi connectivity index (χ3n) is 4.44. The van der Waals surface area contributed by atoms with Gasteiger partial charge in [-0.15, -0.1) is 0 Å². The molecule has 0 amide bonds. The molecule has 1 aliphatic rings. The lowest BCUT2D eigenvalue weighted by molar-refractivity contribution is -0.149. The van der Waals surface area contributed by atoms with E-state index < -0.39 is 11.8 Å². The molecule has 2 rings (SSSR count). The average molecular weight is 288 g/mol. The molecule has 1 saturated carbocycles. The summed E-state index contributed by atoms with van der Waals surface area (Å²) in [6, 6.07) is 8.61. The minimum absolute atomic E-state index is 0.131. The van der Waals surface area contributed by atoms with Crippen LogP contribution in [0, 0.1) is 17.8 Å². The van der Waals surface area contributed by atoms with Gasteiger partial charge in [-0.05, 0) is 30.6 Å². The van der Waals surface area contributed by atoms with Crippen LogP contribution >= 0.6 is 0 Å². The van der Waals surface area contributed by atoms with Gasteiger partial charge in [-0.2, -0.15) is 0 Å². The van der Waals surface area contributed by atoms with Crippen molar-refractivity contribution in [2.24, 2.45) is 17.8 Å². The Labute approximate surface area is 126 Å². The lowest BCUT2D eigenvalue weighted by Crippen LogP contribution is -2.37. The van der Waals surface area contributed by atoms with E-state index in [0.29, 0.717) is 23.3 Å². The van der Waals surface area contributed by atoms with Crippen LogP contribution in [0.4, 0.5) is 0 Å². The first-order chi connectivity index (χ1) is 9.99. The topological polar surface area (TPSA) is 43.4 Å². The standard InChI is InChI=1S/C18H24O3/c1-12(2)15-10-9-13(3)11-16(15)21-18(20)17(19)14-7-5-4-6-8-14/h4-8,12-13,15-16H,9-11H2,1-3H3/t13-,15?,16?/m1/s1. The maximum absolute atomic E-state index is 12.1. The third kappa shape index (κ3) is 3.93. The van der Waals surface area contributed by atoms with Crippen LogP contribution in [0.5, 0.6) is 0 Å². The zero-order valence-electron chi connectivity index (χ0n) is 13.0. The Bertz CT molecular complexity index is 492. The molecule has 0 bridgehead atoms. The van der Waals surface area contributed by atoms with Gasteiger partial charge in [0.25, 0.3) is 5.78 Å². The van der Waals surface area contributed by atoms with Crippen LogP contribution in [0.3, 0.4) is 0 Å². The molecular formula is C18H24O3. The summed E-state index contributed by atoms with van der Waals surface area (Å²) in [7, 11) is 0. The highest BCUT2D eigenvalue weighted by Crippen LogP contribution is 2.35. The third-order valence-corrected chi connectivity index (χ3v) is 4.44. The molecule has 0 aromatic heterocycles. The normalized spacial score (nSPS) is 25.6. The number of ketones is 1. The molecule has 0 saturated heterocycles. The van der Waals surface area contributed by atoms with Crippen molar-refractivity contribution in [3.8, 4) is 0 Å². The number of hydrogen-bond acceptors (Lipinski definition) is 3. The Balaban J connectivity index is 2.04. The predicted octanol–water partition coefficient (Wildman–Crippen LogP) is 3.87. The molecule has 0 aliphatic heterocycles. The second-order valence-corrected chi connectivity index (χ2v) is 6.47. The molecule has 21 heavy (non-hydrogen) atoms. The Kier molecular flexibility index (Phi) is 5.16. The lowest BCUT2D eigenvalue weighted by Gasteiger charge is -2.36. The van der Waals surface area contributed by atoms with Crippen molar-refractivity contribution in [2.45, 2.75) is 46.1 Å². The van der Waals surface area contributed by atoms with Gasteiger partial charge in [0.15, 0.2) is 0 Å². The van der Waals surface area contributed by atoms with Crippen molar-refractivity contribution in [3.63, 3.8) is 0 Å². The number of hydrogen-bond donors (Lipinski definition) is 0. The maximum atomic E-state index is 12.1. The van der Waals surface area contributed by atoms with Crippen LogP contribution in [0.1, 0.15) is 50.4 Å². The highest BCUT2D eigenvalue weighted by molar-refractivity contribution is 6.40. The number of esters is 1. The van der Waals surface area contributed by atoms with Crippen LogP contribution < -0.4 is 0 Å². The molecule has 114 valence electrons. The van der Waals surface area contributed by atoms with E-state index in [9.17, 15) is 9.59 Å². The zero-order chi connectivity index (χ0) is 15.4. The Morgan fingerprint density at radius 1 is 1.14 bits per heavy atom. The molecule has 3 heteroatoms. The van der Waals surface area contributed by atoms with E-state index in [0.717, 1.165) is 12.8 Å². The number of benzene rings is 1. The first kappa shape index (κ1) is 15.7. The van der Waals surface area contributed by atoms with Crippen LogP contribution in [0.2, 0.25) is 0 Å². The summed E-state index contributed by atoms with van der Waals surface area (Å²) in [5, 5.41) is 0. The van der Waals surface area contributed by atoms with E-state index in [2.05, 4.69) is 20.8 Å². The molecular weight excluding hydrogens is 264 g/mol. The summed E-state index contributed by atoms with van der Waals surface area (Å²) in [6.07, 6.45) is 2.96. The Morgan fingerprint density at radius 3 is 2.43 bits per heavy atom. The van der Waals surface area contributed by atoms with Gasteiger partial charge in [0, 0.05) is 5.56 Å². The van der Waals surface area contributed by atoms with Crippen LogP contribution in [0.15, 0.2) is 30.3 Å². The summed E-state index contributed by atoms with van der Waals surface area (Å²) >= 11 is 0. The highest BCUT2D eigenvalue weighted by Gasteiger charge is 2.34. The summed E-state index contributed by atoms with van der Waals surface area (Å²) in [6.45, 7) is 6.48. The van der Waals surface area contributed by atoms with Gasteiger partial charge in [0.2, 0.25) is 0 Å². The van der Waals surface area contributed by atoms with Gasteiger partial charge in [-0.25, -0.2) is 4.79 Å². The van der Waals surface area contributed by atoms with Crippen molar-refractivity contribution in [2.75, 3.05) is 0 Å².